The SMILES string of the molecule is Cc1nc(C(=O)Nc2cnc(-n3nccn3)c(Cl)c2)ncc1-c1cccc2ncccc12. The molecule has 4 heterocycles. The number of halogens is 1. The highest BCUT2D eigenvalue weighted by Gasteiger charge is 2.15. The lowest BCUT2D eigenvalue weighted by Gasteiger charge is -2.10. The normalized spacial score (nSPS) is 10.9. The molecule has 0 aliphatic rings. The third-order valence-electron chi connectivity index (χ3n) is 4.81. The topological polar surface area (TPSA) is 111 Å². The van der Waals surface area contributed by atoms with Crippen LogP contribution in [0.2, 0.25) is 5.02 Å². The van der Waals surface area contributed by atoms with Crippen molar-refractivity contribution in [2.75, 3.05) is 5.32 Å². The standard InChI is InChI=1S/C22H15ClN8O/c1-13-17(15-4-2-6-19-16(15)5-3-7-24-19)12-25-20(29-13)22(32)30-14-10-18(23)21(26-11-14)31-27-8-9-28-31/h2-12H,1H3,(H,30,32). The molecule has 0 aliphatic heterocycles. The Morgan fingerprint density at radius 1 is 0.969 bits per heavy atom. The van der Waals surface area contributed by atoms with Gasteiger partial charge in [0.15, 0.2) is 5.82 Å². The molecule has 4 aromatic heterocycles. The second kappa shape index (κ2) is 8.12. The summed E-state index contributed by atoms with van der Waals surface area (Å²) in [5.74, 6) is -0.0729. The van der Waals surface area contributed by atoms with Gasteiger partial charge in [-0.15, -0.1) is 4.80 Å². The molecule has 5 rings (SSSR count). The number of amides is 1. The van der Waals surface area contributed by atoms with Gasteiger partial charge in [-0.05, 0) is 30.7 Å². The average Bonchev–Trinajstić information content (AvgIpc) is 3.33. The summed E-state index contributed by atoms with van der Waals surface area (Å²) in [4.78, 5) is 31.3. The Labute approximate surface area is 187 Å². The number of fused-ring (bicyclic) bond motifs is 1. The fraction of sp³-hybridized carbons (Fsp3) is 0.0455. The minimum absolute atomic E-state index is 0.0403. The quantitative estimate of drug-likeness (QED) is 0.449. The van der Waals surface area contributed by atoms with Crippen LogP contribution in [0.25, 0.3) is 27.8 Å². The highest BCUT2D eigenvalue weighted by atomic mass is 35.5. The van der Waals surface area contributed by atoms with Gasteiger partial charge in [0, 0.05) is 29.0 Å². The molecule has 1 aromatic carbocycles. The van der Waals surface area contributed by atoms with Gasteiger partial charge in [0.25, 0.3) is 5.91 Å². The number of hydrogen-bond acceptors (Lipinski definition) is 7. The molecule has 0 spiro atoms. The summed E-state index contributed by atoms with van der Waals surface area (Å²) in [6, 6.07) is 11.3. The molecule has 0 fully saturated rings. The van der Waals surface area contributed by atoms with E-state index in [-0.39, 0.29) is 10.8 Å². The maximum absolute atomic E-state index is 12.7. The zero-order valence-corrected chi connectivity index (χ0v) is 17.5. The van der Waals surface area contributed by atoms with Crippen LogP contribution in [-0.2, 0) is 0 Å². The molecule has 1 amide bonds. The summed E-state index contributed by atoms with van der Waals surface area (Å²) in [5, 5.41) is 12.0. The fourth-order valence-corrected chi connectivity index (χ4v) is 3.58. The number of aromatic nitrogens is 7. The summed E-state index contributed by atoms with van der Waals surface area (Å²) in [7, 11) is 0. The maximum Gasteiger partial charge on any atom is 0.293 e. The van der Waals surface area contributed by atoms with Crippen molar-refractivity contribution >= 4 is 34.1 Å². The number of benzene rings is 1. The molecule has 0 atom stereocenters. The molecule has 32 heavy (non-hydrogen) atoms. The summed E-state index contributed by atoms with van der Waals surface area (Å²) >= 11 is 6.26. The Morgan fingerprint density at radius 2 is 1.81 bits per heavy atom. The molecule has 9 nitrogen and oxygen atoms in total. The monoisotopic (exact) mass is 442 g/mol. The molecule has 1 N–H and O–H groups in total. The largest absolute Gasteiger partial charge is 0.318 e. The van der Waals surface area contributed by atoms with Crippen molar-refractivity contribution in [2.45, 2.75) is 6.92 Å². The minimum atomic E-state index is -0.470. The Morgan fingerprint density at radius 3 is 2.59 bits per heavy atom. The number of aryl methyl sites for hydroxylation is 1. The van der Waals surface area contributed by atoms with Crippen LogP contribution in [-0.4, -0.2) is 40.8 Å². The van der Waals surface area contributed by atoms with Crippen LogP contribution in [0.15, 0.2) is 67.4 Å². The predicted molar refractivity (Wildman–Crippen MR) is 120 cm³/mol. The number of nitrogens with zero attached hydrogens (tertiary/aromatic N) is 7. The van der Waals surface area contributed by atoms with E-state index >= 15 is 0 Å². The van der Waals surface area contributed by atoms with E-state index in [0.29, 0.717) is 17.2 Å². The smallest absolute Gasteiger partial charge is 0.293 e. The molecular formula is C22H15ClN8O. The van der Waals surface area contributed by atoms with Crippen LogP contribution >= 0.6 is 11.6 Å². The van der Waals surface area contributed by atoms with Crippen LogP contribution in [0.4, 0.5) is 5.69 Å². The van der Waals surface area contributed by atoms with Gasteiger partial charge in [0.05, 0.1) is 34.8 Å². The summed E-state index contributed by atoms with van der Waals surface area (Å²) < 4.78 is 0. The van der Waals surface area contributed by atoms with E-state index in [1.54, 1.807) is 18.5 Å². The van der Waals surface area contributed by atoms with E-state index in [2.05, 4.69) is 35.5 Å². The lowest BCUT2D eigenvalue weighted by atomic mass is 10.0. The van der Waals surface area contributed by atoms with Crippen molar-refractivity contribution in [3.63, 3.8) is 0 Å². The zero-order chi connectivity index (χ0) is 22.1. The van der Waals surface area contributed by atoms with Crippen molar-refractivity contribution in [3.05, 3.63) is 83.9 Å². The van der Waals surface area contributed by atoms with Gasteiger partial charge in [0.1, 0.15) is 0 Å². The number of carbonyl (C=O) groups is 1. The van der Waals surface area contributed by atoms with Crippen LogP contribution in [0.3, 0.4) is 0 Å². The van der Waals surface area contributed by atoms with Gasteiger partial charge in [-0.1, -0.05) is 29.8 Å². The Balaban J connectivity index is 1.41. The first-order valence-electron chi connectivity index (χ1n) is 9.61. The first-order chi connectivity index (χ1) is 15.6. The lowest BCUT2D eigenvalue weighted by Crippen LogP contribution is -2.17. The van der Waals surface area contributed by atoms with Crippen molar-refractivity contribution in [1.29, 1.82) is 0 Å². The number of carbonyl (C=O) groups excluding carboxylic acids is 1. The van der Waals surface area contributed by atoms with E-state index in [4.69, 9.17) is 11.6 Å². The van der Waals surface area contributed by atoms with Crippen LogP contribution in [0.5, 0.6) is 0 Å². The molecule has 0 bridgehead atoms. The van der Waals surface area contributed by atoms with Crippen molar-refractivity contribution in [2.24, 2.45) is 0 Å². The van der Waals surface area contributed by atoms with Crippen molar-refractivity contribution < 1.29 is 4.79 Å². The highest BCUT2D eigenvalue weighted by molar-refractivity contribution is 6.32. The second-order valence-electron chi connectivity index (χ2n) is 6.87. The molecule has 10 heteroatoms. The number of nitrogens with one attached hydrogen (secondary N) is 1. The van der Waals surface area contributed by atoms with Gasteiger partial charge in [-0.2, -0.15) is 10.2 Å². The van der Waals surface area contributed by atoms with E-state index < -0.39 is 5.91 Å². The number of rotatable bonds is 4. The third kappa shape index (κ3) is 3.65. The number of pyridine rings is 2. The fourth-order valence-electron chi connectivity index (χ4n) is 3.34. The van der Waals surface area contributed by atoms with Gasteiger partial charge in [0.2, 0.25) is 5.82 Å². The van der Waals surface area contributed by atoms with Gasteiger partial charge < -0.3 is 5.32 Å². The van der Waals surface area contributed by atoms with Gasteiger partial charge >= 0.3 is 0 Å². The summed E-state index contributed by atoms with van der Waals surface area (Å²) in [5.41, 5.74) is 3.75. The van der Waals surface area contributed by atoms with Gasteiger partial charge in [-0.3, -0.25) is 9.78 Å². The molecule has 0 unspecified atom stereocenters. The molecule has 0 radical (unpaired) electrons. The highest BCUT2D eigenvalue weighted by Crippen LogP contribution is 2.29. The molecule has 0 saturated heterocycles. The van der Waals surface area contributed by atoms with E-state index in [1.165, 1.54) is 23.4 Å². The molecule has 156 valence electrons. The Bertz CT molecular complexity index is 1450. The molecular weight excluding hydrogens is 428 g/mol. The molecule has 5 aromatic rings. The first kappa shape index (κ1) is 19.7. The predicted octanol–water partition coefficient (Wildman–Crippen LogP) is 3.88. The second-order valence-corrected chi connectivity index (χ2v) is 7.28. The van der Waals surface area contributed by atoms with Crippen molar-refractivity contribution in [1.82, 2.24) is 34.9 Å². The lowest BCUT2D eigenvalue weighted by molar-refractivity contribution is 0.101. The maximum atomic E-state index is 12.7. The van der Waals surface area contributed by atoms with E-state index in [0.717, 1.165) is 22.0 Å². The molecule has 0 aliphatic carbocycles. The van der Waals surface area contributed by atoms with Gasteiger partial charge in [-0.25, -0.2) is 15.0 Å². The average molecular weight is 443 g/mol. The van der Waals surface area contributed by atoms with E-state index in [9.17, 15) is 4.79 Å². The number of anilines is 1. The Kier molecular flexibility index (Phi) is 5.00. The Hall–Kier alpha value is -4.24. The van der Waals surface area contributed by atoms with Crippen LogP contribution in [0, 0.1) is 6.92 Å². The van der Waals surface area contributed by atoms with Crippen LogP contribution in [0.1, 0.15) is 16.3 Å². The minimum Gasteiger partial charge on any atom is -0.318 e. The summed E-state index contributed by atoms with van der Waals surface area (Å²) in [6.45, 7) is 1.84. The van der Waals surface area contributed by atoms with Crippen molar-refractivity contribution in [3.8, 4) is 16.9 Å². The summed E-state index contributed by atoms with van der Waals surface area (Å²) in [6.07, 6.45) is 7.91. The first-order valence-corrected chi connectivity index (χ1v) is 9.99. The van der Waals surface area contributed by atoms with E-state index in [1.807, 2.05) is 37.3 Å². The zero-order valence-electron chi connectivity index (χ0n) is 16.8. The third-order valence-corrected chi connectivity index (χ3v) is 5.08. The number of hydrogen-bond donors (Lipinski definition) is 1. The van der Waals surface area contributed by atoms with Crippen LogP contribution < -0.4 is 5.32 Å². The molecule has 0 saturated carbocycles.